The predicted molar refractivity (Wildman–Crippen MR) is 372 cm³/mol. The average molecular weight is 1450 g/mol. The van der Waals surface area contributed by atoms with E-state index in [0.29, 0.717) is 18.3 Å². The Bertz CT molecular complexity index is 2060. The van der Waals surface area contributed by atoms with Gasteiger partial charge in [0.05, 0.1) is 36.6 Å². The summed E-state index contributed by atoms with van der Waals surface area (Å²) in [5.41, 5.74) is 0. The molecule has 82 heavy (non-hydrogen) atoms. The molecule has 0 radical (unpaired) electrons. The molecule has 3 rings (SSSR count). The van der Waals surface area contributed by atoms with Crippen LogP contribution in [-0.4, -0.2) is 109 Å². The van der Waals surface area contributed by atoms with Crippen molar-refractivity contribution in [1.29, 1.82) is 0 Å². The maximum absolute atomic E-state index is 14.6. The quantitative estimate of drug-likeness (QED) is 0.0312. The Kier molecular flexibility index (Phi) is 27.8. The van der Waals surface area contributed by atoms with Gasteiger partial charge < -0.3 is 41.8 Å². The Hall–Kier alpha value is 0.958. The molecule has 3 fully saturated rings. The van der Waals surface area contributed by atoms with Crippen LogP contribution in [0.15, 0.2) is 22.3 Å². The van der Waals surface area contributed by atoms with Crippen LogP contribution in [0.5, 0.6) is 0 Å². The van der Waals surface area contributed by atoms with Crippen molar-refractivity contribution >= 4 is 84.4 Å². The smallest absolute Gasteiger partial charge is 0.330 e. The summed E-state index contributed by atoms with van der Waals surface area (Å²) < 4.78 is 61.2. The van der Waals surface area contributed by atoms with Crippen LogP contribution in [0.4, 0.5) is 0 Å². The van der Waals surface area contributed by atoms with Gasteiger partial charge >= 0.3 is 5.97 Å². The molecule has 19 atom stereocenters. The van der Waals surface area contributed by atoms with Crippen molar-refractivity contribution in [1.82, 2.24) is 0 Å². The molecule has 3 aliphatic heterocycles. The van der Waals surface area contributed by atoms with Crippen molar-refractivity contribution in [3.8, 4) is 0 Å². The van der Waals surface area contributed by atoms with Crippen LogP contribution >= 0.6 is 45.2 Å². The Morgan fingerprint density at radius 2 is 1.21 bits per heavy atom. The van der Waals surface area contributed by atoms with E-state index < -0.39 is 74.9 Å². The normalized spacial score (nSPS) is 31.9. The third-order valence-electron chi connectivity index (χ3n) is 22.1. The van der Waals surface area contributed by atoms with Crippen molar-refractivity contribution in [2.24, 2.45) is 53.3 Å². The van der Waals surface area contributed by atoms with E-state index in [1.54, 1.807) is 6.08 Å². The summed E-state index contributed by atoms with van der Waals surface area (Å²) >= 11 is 4.83. The van der Waals surface area contributed by atoms with E-state index in [-0.39, 0.29) is 86.4 Å². The molecule has 0 saturated carbocycles. The lowest BCUT2D eigenvalue weighted by Gasteiger charge is -2.58. The monoisotopic (exact) mass is 1450 g/mol. The second kappa shape index (κ2) is 29.5. The van der Waals surface area contributed by atoms with Crippen molar-refractivity contribution in [3.63, 3.8) is 0 Å². The van der Waals surface area contributed by atoms with E-state index in [1.165, 1.54) is 0 Å². The zero-order valence-electron chi connectivity index (χ0n) is 58.2. The number of aliphatic hydroxyl groups is 1. The van der Waals surface area contributed by atoms with Gasteiger partial charge in [0.15, 0.2) is 44.8 Å². The highest BCUT2D eigenvalue weighted by Crippen LogP contribution is 2.53. The minimum absolute atomic E-state index is 0.0146. The van der Waals surface area contributed by atoms with Crippen molar-refractivity contribution in [2.75, 3.05) is 4.43 Å². The van der Waals surface area contributed by atoms with Crippen LogP contribution in [0.25, 0.3) is 0 Å². The molecule has 3 aliphatic rings. The van der Waals surface area contributed by atoms with Gasteiger partial charge in [-0.3, -0.25) is 0 Å². The molecule has 10 nitrogen and oxygen atoms in total. The van der Waals surface area contributed by atoms with Gasteiger partial charge in [-0.1, -0.05) is 203 Å². The number of hydrogen-bond donors (Lipinski definition) is 1. The van der Waals surface area contributed by atoms with Gasteiger partial charge in [-0.05, 0) is 139 Å². The van der Waals surface area contributed by atoms with Gasteiger partial charge in [-0.15, -0.1) is 0 Å². The second-order valence-electron chi connectivity index (χ2n) is 32.8. The first-order chi connectivity index (χ1) is 37.0. The molecule has 0 bridgehead atoms. The van der Waals surface area contributed by atoms with Crippen LogP contribution in [0.1, 0.15) is 197 Å². The van der Waals surface area contributed by atoms with Gasteiger partial charge in [0.25, 0.3) is 0 Å². The zero-order valence-corrected chi connectivity index (χ0v) is 66.5. The number of ether oxygens (including phenoxy) is 4. The Morgan fingerprint density at radius 3 is 1.70 bits per heavy atom. The SMILES string of the molecule is CC[C@H](/C=C/I)CC[C@@H]1O[C@]2(CC[C@H](C)[C@H](C[C@@H](C)O[Si](C)(C)C(C)(C)C)O2)C[C@H](OC(=O)/C=C/[C@H](C)[C@@H](O[Si](C)(C)C(C)(C)C)[C@H](C)C2(O)O[C@H]([C@@H](C)[C@@H](O[Si](C)(C)C(C)(C)C)[C@H](C)CI)[C@@H](C)[C@H](O[Si](C)(C)C(C)(C)C)[C@H]2C)[C@@H]1C. The predicted octanol–water partition coefficient (Wildman–Crippen LogP) is 19.5. The van der Waals surface area contributed by atoms with E-state index >= 15 is 0 Å². The lowest BCUT2D eigenvalue weighted by Crippen LogP contribution is -2.67. The number of alkyl halides is 1. The third-order valence-corrected chi connectivity index (χ3v) is 41.9. The Labute approximate surface area is 536 Å². The number of esters is 1. The highest BCUT2D eigenvalue weighted by atomic mass is 127. The minimum Gasteiger partial charge on any atom is -0.459 e. The van der Waals surface area contributed by atoms with Crippen LogP contribution in [0.3, 0.4) is 0 Å². The fourth-order valence-electron chi connectivity index (χ4n) is 11.8. The molecule has 0 amide bonds. The van der Waals surface area contributed by atoms with Crippen LogP contribution in [0, 0.1) is 53.3 Å². The Balaban J connectivity index is 2.15. The summed E-state index contributed by atoms with van der Waals surface area (Å²) in [6.07, 6.45) is 9.78. The van der Waals surface area contributed by atoms with Crippen molar-refractivity contribution in [2.45, 2.75) is 330 Å². The number of rotatable bonds is 25. The van der Waals surface area contributed by atoms with Gasteiger partial charge in [-0.25, -0.2) is 4.79 Å². The van der Waals surface area contributed by atoms with Crippen LogP contribution in [0.2, 0.25) is 72.5 Å². The summed E-state index contributed by atoms with van der Waals surface area (Å²) in [6.45, 7) is 68.1. The standard InChI is InChI=1S/C66H128I2O10Si4/c1-31-52(37-39-67)33-34-53-47(6)55(41-65(72-53)38-36-43(2)54(73-65)40-46(5)75-79(23,24)61(11,12)13)71-56(69)35-32-44(3)58(77-81(27,28)63(17,18)19)50(9)66(70)51(10)60(78-82(29,30)64(20,21)22)49(8)59(74-66)48(7)57(45(4)42-68)76-80(25,26)62(14,15)16/h32,35,37,39,43-55,57-60,70H,31,33-34,36,38,40-42H2,1-30H3/b35-32+,39-37+/t43-,44-,45+,46+,47+,48-,49+,50-,51+,52-,53-,54-,55-,57-,58+,59+,60-,65-,66?/m0/s1. The molecule has 0 aliphatic carbocycles. The molecule has 0 aromatic carbocycles. The summed E-state index contributed by atoms with van der Waals surface area (Å²) in [5, 5.41) is 13.8. The van der Waals surface area contributed by atoms with Gasteiger partial charge in [0.2, 0.25) is 0 Å². The number of carbonyl (C=O) groups is 1. The van der Waals surface area contributed by atoms with Crippen molar-refractivity contribution < 1.29 is 46.6 Å². The molecule has 16 heteroatoms. The molecule has 1 spiro atoms. The summed E-state index contributed by atoms with van der Waals surface area (Å²) in [5.74, 6) is -3.35. The van der Waals surface area contributed by atoms with Crippen molar-refractivity contribution in [3.05, 3.63) is 22.3 Å². The van der Waals surface area contributed by atoms with E-state index in [1.807, 2.05) is 6.08 Å². The highest BCUT2D eigenvalue weighted by molar-refractivity contribution is 14.1. The summed E-state index contributed by atoms with van der Waals surface area (Å²) in [7, 11) is -9.14. The molecule has 1 N–H and O–H groups in total. The number of halogens is 2. The first kappa shape index (κ1) is 77.2. The fourth-order valence-corrected chi connectivity index (χ4v) is 18.8. The molecular weight excluding hydrogens is 1320 g/mol. The molecule has 0 aromatic rings. The maximum Gasteiger partial charge on any atom is 0.330 e. The molecule has 0 aromatic heterocycles. The minimum atomic E-state index is -2.52. The molecule has 3 saturated heterocycles. The fraction of sp³-hybridized carbons (Fsp3) is 0.924. The van der Waals surface area contributed by atoms with E-state index in [0.717, 1.165) is 43.0 Å². The van der Waals surface area contributed by atoms with Crippen LogP contribution in [-0.2, 0) is 41.4 Å². The lowest BCUT2D eigenvalue weighted by molar-refractivity contribution is -0.354. The lowest BCUT2D eigenvalue weighted by atomic mass is 9.70. The zero-order chi connectivity index (χ0) is 63.5. The first-order valence-electron chi connectivity index (χ1n) is 32.2. The van der Waals surface area contributed by atoms with E-state index in [2.05, 4.69) is 260 Å². The van der Waals surface area contributed by atoms with Gasteiger partial charge in [0, 0.05) is 59.0 Å². The summed E-state index contributed by atoms with van der Waals surface area (Å²) in [4.78, 5) is 14.6. The topological polar surface area (TPSA) is 111 Å². The number of carbonyl (C=O) groups excluding carboxylic acids is 1. The molecule has 482 valence electrons. The van der Waals surface area contributed by atoms with Gasteiger partial charge in [0.1, 0.15) is 6.10 Å². The molecule has 1 unspecified atom stereocenters. The van der Waals surface area contributed by atoms with Crippen LogP contribution < -0.4 is 0 Å². The van der Waals surface area contributed by atoms with E-state index in [4.69, 9.17) is 36.7 Å². The average Bonchev–Trinajstić information content (AvgIpc) is 3.54. The Morgan fingerprint density at radius 1 is 0.707 bits per heavy atom. The number of allylic oxidation sites excluding steroid dienone is 1. The molecule has 3 heterocycles. The number of hydrogen-bond acceptors (Lipinski definition) is 10. The van der Waals surface area contributed by atoms with Gasteiger partial charge in [-0.2, -0.15) is 0 Å². The maximum atomic E-state index is 14.6. The highest BCUT2D eigenvalue weighted by Gasteiger charge is 2.60. The first-order valence-corrected chi connectivity index (χ1v) is 46.6. The largest absolute Gasteiger partial charge is 0.459 e. The third kappa shape index (κ3) is 19.3. The van der Waals surface area contributed by atoms with E-state index in [9.17, 15) is 9.90 Å². The second-order valence-corrected chi connectivity index (χ2v) is 53.4. The molecular formula is C66H128I2O10Si4. The summed E-state index contributed by atoms with van der Waals surface area (Å²) in [6, 6.07) is 0.